The smallest absolute Gasteiger partial charge is 0.418 e. The second-order valence-electron chi connectivity index (χ2n) is 11.2. The van der Waals surface area contributed by atoms with Crippen molar-refractivity contribution in [1.82, 2.24) is 19.9 Å². The number of fused-ring (bicyclic) bond motifs is 1. The monoisotopic (exact) mass is 565 g/mol. The number of rotatable bonds is 6. The SMILES string of the molecule is CC(C)(C)c1ccc(Nc2nc(CN3C[C@@H](O)C[C@@H]3C(=O)O)nc3cc(-c4ncccc4C(F)(F)F)ccc23)cc1. The number of pyridine rings is 1. The molecular formula is C30H30F3N5O3. The molecule has 0 radical (unpaired) electrons. The van der Waals surface area contributed by atoms with E-state index in [1.165, 1.54) is 18.3 Å². The van der Waals surface area contributed by atoms with Crippen LogP contribution in [0.3, 0.4) is 0 Å². The molecule has 0 unspecified atom stereocenters. The third-order valence-electron chi connectivity index (χ3n) is 7.15. The summed E-state index contributed by atoms with van der Waals surface area (Å²) in [6.45, 7) is 6.51. The third kappa shape index (κ3) is 6.15. The summed E-state index contributed by atoms with van der Waals surface area (Å²) in [6.07, 6.45) is -4.01. The molecule has 0 spiro atoms. The van der Waals surface area contributed by atoms with E-state index in [2.05, 4.69) is 41.0 Å². The topological polar surface area (TPSA) is 111 Å². The average molecular weight is 566 g/mol. The second-order valence-corrected chi connectivity index (χ2v) is 11.2. The van der Waals surface area contributed by atoms with Crippen LogP contribution in [0.15, 0.2) is 60.8 Å². The van der Waals surface area contributed by atoms with Gasteiger partial charge in [-0.1, -0.05) is 39.0 Å². The first-order valence-electron chi connectivity index (χ1n) is 13.2. The first-order chi connectivity index (χ1) is 19.3. The highest BCUT2D eigenvalue weighted by Crippen LogP contribution is 2.37. The molecule has 0 bridgehead atoms. The van der Waals surface area contributed by atoms with Crippen LogP contribution in [0.1, 0.15) is 44.1 Å². The standard InChI is InChI=1S/C30H30F3N5O3/c1-29(2,3)18-7-9-19(10-8-18)35-27-21-11-6-17(26-22(30(31,32)33)5-4-12-34-26)13-23(21)36-25(37-27)16-38-15-20(39)14-24(38)28(40)41/h4-13,20,24,39H,14-16H2,1-3H3,(H,40,41)(H,35,36,37)/t20-,24+/m0/s1. The van der Waals surface area contributed by atoms with Crippen molar-refractivity contribution in [3.8, 4) is 11.3 Å². The Morgan fingerprint density at radius 2 is 1.80 bits per heavy atom. The van der Waals surface area contributed by atoms with Gasteiger partial charge in [-0.25, -0.2) is 9.97 Å². The first-order valence-corrected chi connectivity index (χ1v) is 13.2. The van der Waals surface area contributed by atoms with Gasteiger partial charge >= 0.3 is 12.1 Å². The van der Waals surface area contributed by atoms with Gasteiger partial charge in [0.2, 0.25) is 0 Å². The van der Waals surface area contributed by atoms with Crippen molar-refractivity contribution in [3.05, 3.63) is 77.7 Å². The van der Waals surface area contributed by atoms with Crippen molar-refractivity contribution in [3.63, 3.8) is 0 Å². The Morgan fingerprint density at radius 3 is 2.46 bits per heavy atom. The quantitative estimate of drug-likeness (QED) is 0.270. The van der Waals surface area contributed by atoms with Crippen LogP contribution in [-0.4, -0.2) is 54.7 Å². The van der Waals surface area contributed by atoms with E-state index in [0.717, 1.165) is 17.3 Å². The second kappa shape index (κ2) is 10.7. The van der Waals surface area contributed by atoms with Gasteiger partial charge < -0.3 is 15.5 Å². The molecule has 3 heterocycles. The Balaban J connectivity index is 1.59. The number of aromatic nitrogens is 3. The van der Waals surface area contributed by atoms with Crippen molar-refractivity contribution in [2.45, 2.75) is 57.5 Å². The predicted octanol–water partition coefficient (Wildman–Crippen LogP) is 5.77. The normalized spacial score (nSPS) is 18.1. The van der Waals surface area contributed by atoms with Crippen LogP contribution in [0.25, 0.3) is 22.2 Å². The van der Waals surface area contributed by atoms with E-state index >= 15 is 0 Å². The molecule has 2 aromatic carbocycles. The number of likely N-dealkylation sites (tertiary alicyclic amines) is 1. The number of hydrogen-bond donors (Lipinski definition) is 3. The molecule has 8 nitrogen and oxygen atoms in total. The van der Waals surface area contributed by atoms with Crippen LogP contribution in [0.4, 0.5) is 24.7 Å². The van der Waals surface area contributed by atoms with Gasteiger partial charge in [-0.2, -0.15) is 13.2 Å². The number of aliphatic carboxylic acids is 1. The number of carboxylic acid groups (broad SMARTS) is 1. The fourth-order valence-electron chi connectivity index (χ4n) is 5.04. The summed E-state index contributed by atoms with van der Waals surface area (Å²) in [7, 11) is 0. The molecule has 1 aliphatic rings. The molecule has 1 aliphatic heterocycles. The van der Waals surface area contributed by atoms with Crippen LogP contribution < -0.4 is 5.32 Å². The molecule has 3 N–H and O–H groups in total. The maximum absolute atomic E-state index is 13.7. The summed E-state index contributed by atoms with van der Waals surface area (Å²) < 4.78 is 41.2. The van der Waals surface area contributed by atoms with Crippen molar-refractivity contribution in [1.29, 1.82) is 0 Å². The van der Waals surface area contributed by atoms with Gasteiger partial charge in [-0.05, 0) is 47.4 Å². The number of carbonyl (C=O) groups is 1. The number of benzene rings is 2. The molecule has 41 heavy (non-hydrogen) atoms. The van der Waals surface area contributed by atoms with Crippen LogP contribution >= 0.6 is 0 Å². The fourth-order valence-corrected chi connectivity index (χ4v) is 5.04. The molecule has 214 valence electrons. The predicted molar refractivity (Wildman–Crippen MR) is 149 cm³/mol. The molecule has 0 aliphatic carbocycles. The number of carboxylic acids is 1. The van der Waals surface area contributed by atoms with E-state index in [4.69, 9.17) is 0 Å². The minimum Gasteiger partial charge on any atom is -0.480 e. The Labute approximate surface area is 234 Å². The highest BCUT2D eigenvalue weighted by molar-refractivity contribution is 5.93. The van der Waals surface area contributed by atoms with Gasteiger partial charge in [0.15, 0.2) is 0 Å². The van der Waals surface area contributed by atoms with E-state index in [9.17, 15) is 28.2 Å². The number of β-amino-alcohol motifs (C(OH)–C–C–N with tert-alkyl or cyclic N) is 1. The van der Waals surface area contributed by atoms with Crippen LogP contribution in [0.2, 0.25) is 0 Å². The van der Waals surface area contributed by atoms with E-state index in [0.29, 0.717) is 16.7 Å². The van der Waals surface area contributed by atoms with E-state index in [1.807, 2.05) is 24.3 Å². The third-order valence-corrected chi connectivity index (χ3v) is 7.15. The van der Waals surface area contributed by atoms with Crippen molar-refractivity contribution < 1.29 is 28.2 Å². The fraction of sp³-hybridized carbons (Fsp3) is 0.333. The van der Waals surface area contributed by atoms with Crippen molar-refractivity contribution >= 4 is 28.4 Å². The minimum atomic E-state index is -4.59. The largest absolute Gasteiger partial charge is 0.480 e. The molecule has 1 saturated heterocycles. The number of anilines is 2. The zero-order chi connectivity index (χ0) is 29.5. The highest BCUT2D eigenvalue weighted by atomic mass is 19.4. The molecule has 11 heteroatoms. The van der Waals surface area contributed by atoms with Gasteiger partial charge in [0.25, 0.3) is 0 Å². The van der Waals surface area contributed by atoms with Gasteiger partial charge in [0.05, 0.1) is 29.4 Å². The maximum atomic E-state index is 13.7. The zero-order valence-electron chi connectivity index (χ0n) is 22.8. The number of hydrogen-bond acceptors (Lipinski definition) is 7. The summed E-state index contributed by atoms with van der Waals surface area (Å²) in [4.78, 5) is 26.6. The Kier molecular flexibility index (Phi) is 7.43. The first kappa shape index (κ1) is 28.4. The Hall–Kier alpha value is -4.09. The van der Waals surface area contributed by atoms with Gasteiger partial charge in [-0.3, -0.25) is 14.7 Å². The van der Waals surface area contributed by atoms with E-state index in [-0.39, 0.29) is 42.0 Å². The Morgan fingerprint density at radius 1 is 1.07 bits per heavy atom. The Bertz CT molecular complexity index is 1590. The lowest BCUT2D eigenvalue weighted by Crippen LogP contribution is -2.36. The number of nitrogens with zero attached hydrogens (tertiary/aromatic N) is 4. The minimum absolute atomic E-state index is 0.0310. The summed E-state index contributed by atoms with van der Waals surface area (Å²) in [5.74, 6) is -0.374. The van der Waals surface area contributed by atoms with Crippen LogP contribution in [0.5, 0.6) is 0 Å². The molecule has 0 amide bonds. The lowest BCUT2D eigenvalue weighted by molar-refractivity contribution is -0.142. The molecule has 5 rings (SSSR count). The maximum Gasteiger partial charge on any atom is 0.418 e. The average Bonchev–Trinajstić information content (AvgIpc) is 3.27. The van der Waals surface area contributed by atoms with Crippen molar-refractivity contribution in [2.24, 2.45) is 0 Å². The number of alkyl halides is 3. The number of aliphatic hydroxyl groups excluding tert-OH is 1. The van der Waals surface area contributed by atoms with Gasteiger partial charge in [-0.15, -0.1) is 0 Å². The summed E-state index contributed by atoms with van der Waals surface area (Å²) >= 11 is 0. The molecule has 4 aromatic rings. The number of aliphatic hydroxyl groups is 1. The highest BCUT2D eigenvalue weighted by Gasteiger charge is 2.37. The molecule has 2 aromatic heterocycles. The summed E-state index contributed by atoms with van der Waals surface area (Å²) in [5.41, 5.74) is 1.37. The van der Waals surface area contributed by atoms with Crippen molar-refractivity contribution in [2.75, 3.05) is 11.9 Å². The van der Waals surface area contributed by atoms with E-state index < -0.39 is 29.9 Å². The number of nitrogens with one attached hydrogen (secondary N) is 1. The lowest BCUT2D eigenvalue weighted by atomic mass is 9.87. The summed E-state index contributed by atoms with van der Waals surface area (Å²) in [6, 6.07) is 13.9. The zero-order valence-corrected chi connectivity index (χ0v) is 22.8. The number of halogens is 3. The molecular weight excluding hydrogens is 535 g/mol. The van der Waals surface area contributed by atoms with E-state index in [1.54, 1.807) is 17.0 Å². The van der Waals surface area contributed by atoms with Crippen LogP contribution in [0, 0.1) is 0 Å². The van der Waals surface area contributed by atoms with Crippen LogP contribution in [-0.2, 0) is 22.9 Å². The lowest BCUT2D eigenvalue weighted by Gasteiger charge is -2.21. The van der Waals surface area contributed by atoms with Gasteiger partial charge in [0, 0.05) is 35.8 Å². The summed E-state index contributed by atoms with van der Waals surface area (Å²) in [5, 5.41) is 23.6. The van der Waals surface area contributed by atoms with Gasteiger partial charge in [0.1, 0.15) is 17.7 Å². The molecule has 2 atom stereocenters. The molecule has 0 saturated carbocycles. The molecule has 1 fully saturated rings.